The fourth-order valence-corrected chi connectivity index (χ4v) is 3.02. The normalized spacial score (nSPS) is 28.7. The quantitative estimate of drug-likeness (QED) is 0.771. The van der Waals surface area contributed by atoms with Crippen molar-refractivity contribution in [1.82, 2.24) is 9.97 Å². The summed E-state index contributed by atoms with van der Waals surface area (Å²) in [5, 5.41) is 0.833. The largest absolute Gasteiger partial charge is 0.338 e. The molecule has 1 saturated carbocycles. The summed E-state index contributed by atoms with van der Waals surface area (Å²) in [7, 11) is 0. The van der Waals surface area contributed by atoms with Gasteiger partial charge in [0, 0.05) is 30.3 Å². The van der Waals surface area contributed by atoms with E-state index in [1.165, 1.54) is 25.8 Å². The maximum atomic E-state index is 4.44. The Bertz CT molecular complexity index is 351. The molecule has 2 fully saturated rings. The standard InChI is InChI=1S/C11H14BrN3/c12-4-9-5-13-11(14-6-9)15-7-8-1-2-10(15)3-8/h5-6,8,10H,1-4,7H2. The molecule has 3 rings (SSSR count). The summed E-state index contributed by atoms with van der Waals surface area (Å²) in [5.41, 5.74) is 1.14. The maximum absolute atomic E-state index is 4.44. The van der Waals surface area contributed by atoms with Crippen molar-refractivity contribution in [2.75, 3.05) is 11.4 Å². The first-order valence-corrected chi connectivity index (χ1v) is 6.62. The first kappa shape index (κ1) is 9.58. The third kappa shape index (κ3) is 1.65. The van der Waals surface area contributed by atoms with Crippen molar-refractivity contribution in [3.05, 3.63) is 18.0 Å². The Kier molecular flexibility index (Phi) is 2.39. The first-order valence-electron chi connectivity index (χ1n) is 5.50. The zero-order valence-electron chi connectivity index (χ0n) is 8.56. The van der Waals surface area contributed by atoms with E-state index >= 15 is 0 Å². The van der Waals surface area contributed by atoms with Crippen molar-refractivity contribution < 1.29 is 0 Å². The highest BCUT2D eigenvalue weighted by Gasteiger charge is 2.38. The smallest absolute Gasteiger partial charge is 0.225 e. The number of hydrogen-bond acceptors (Lipinski definition) is 3. The Morgan fingerprint density at radius 1 is 1.33 bits per heavy atom. The van der Waals surface area contributed by atoms with Gasteiger partial charge in [0.15, 0.2) is 0 Å². The predicted molar refractivity (Wildman–Crippen MR) is 63.1 cm³/mol. The molecule has 3 nitrogen and oxygen atoms in total. The topological polar surface area (TPSA) is 29.0 Å². The molecule has 2 unspecified atom stereocenters. The van der Waals surface area contributed by atoms with Crippen LogP contribution in [0.2, 0.25) is 0 Å². The molecule has 2 bridgehead atoms. The van der Waals surface area contributed by atoms with Gasteiger partial charge in [0.25, 0.3) is 0 Å². The van der Waals surface area contributed by atoms with Gasteiger partial charge in [0.05, 0.1) is 0 Å². The van der Waals surface area contributed by atoms with Crippen LogP contribution < -0.4 is 4.90 Å². The Morgan fingerprint density at radius 2 is 2.13 bits per heavy atom. The van der Waals surface area contributed by atoms with E-state index in [-0.39, 0.29) is 0 Å². The summed E-state index contributed by atoms with van der Waals surface area (Å²) in [4.78, 5) is 11.3. The van der Waals surface area contributed by atoms with Gasteiger partial charge in [-0.15, -0.1) is 0 Å². The lowest BCUT2D eigenvalue weighted by atomic mass is 10.1. The molecule has 4 heteroatoms. The Balaban J connectivity index is 1.81. The molecule has 0 amide bonds. The van der Waals surface area contributed by atoms with Gasteiger partial charge < -0.3 is 4.90 Å². The van der Waals surface area contributed by atoms with Gasteiger partial charge in [0.2, 0.25) is 5.95 Å². The van der Waals surface area contributed by atoms with Crippen LogP contribution in [0, 0.1) is 5.92 Å². The van der Waals surface area contributed by atoms with E-state index in [2.05, 4.69) is 30.8 Å². The Morgan fingerprint density at radius 3 is 2.67 bits per heavy atom. The van der Waals surface area contributed by atoms with Crippen LogP contribution >= 0.6 is 15.9 Å². The van der Waals surface area contributed by atoms with E-state index in [4.69, 9.17) is 0 Å². The molecular weight excluding hydrogens is 254 g/mol. The molecule has 2 aliphatic rings. The van der Waals surface area contributed by atoms with Gasteiger partial charge in [0.1, 0.15) is 0 Å². The Labute approximate surface area is 98.0 Å². The summed E-state index contributed by atoms with van der Waals surface area (Å²) in [6.45, 7) is 1.17. The molecule has 2 atom stereocenters. The molecule has 2 heterocycles. The van der Waals surface area contributed by atoms with Gasteiger partial charge in [-0.3, -0.25) is 0 Å². The number of anilines is 1. The van der Waals surface area contributed by atoms with Gasteiger partial charge >= 0.3 is 0 Å². The summed E-state index contributed by atoms with van der Waals surface area (Å²) in [6.07, 6.45) is 7.92. The molecule has 15 heavy (non-hydrogen) atoms. The summed E-state index contributed by atoms with van der Waals surface area (Å²) in [5.74, 6) is 1.82. The molecule has 1 aromatic heterocycles. The second kappa shape index (κ2) is 3.74. The molecule has 1 aliphatic heterocycles. The molecule has 1 saturated heterocycles. The van der Waals surface area contributed by atoms with E-state index in [0.29, 0.717) is 6.04 Å². The van der Waals surface area contributed by atoms with E-state index < -0.39 is 0 Å². The third-order valence-corrected chi connectivity index (χ3v) is 4.16. The lowest BCUT2D eigenvalue weighted by Crippen LogP contribution is -2.33. The van der Waals surface area contributed by atoms with Crippen LogP contribution in [-0.4, -0.2) is 22.6 Å². The minimum atomic E-state index is 0.713. The van der Waals surface area contributed by atoms with Crippen molar-refractivity contribution in [3.63, 3.8) is 0 Å². The summed E-state index contributed by atoms with van der Waals surface area (Å²) in [6, 6.07) is 0.713. The van der Waals surface area contributed by atoms with Crippen molar-refractivity contribution in [1.29, 1.82) is 0 Å². The van der Waals surface area contributed by atoms with Gasteiger partial charge in [-0.25, -0.2) is 9.97 Å². The van der Waals surface area contributed by atoms with Crippen LogP contribution in [0.3, 0.4) is 0 Å². The van der Waals surface area contributed by atoms with Crippen molar-refractivity contribution in [3.8, 4) is 0 Å². The average Bonchev–Trinajstić information content (AvgIpc) is 2.91. The lowest BCUT2D eigenvalue weighted by Gasteiger charge is -2.26. The minimum absolute atomic E-state index is 0.713. The van der Waals surface area contributed by atoms with Crippen LogP contribution in [0.25, 0.3) is 0 Å². The van der Waals surface area contributed by atoms with Crippen LogP contribution in [-0.2, 0) is 5.33 Å². The number of rotatable bonds is 2. The number of alkyl halides is 1. The number of hydrogen-bond donors (Lipinski definition) is 0. The zero-order chi connectivity index (χ0) is 10.3. The fraction of sp³-hybridized carbons (Fsp3) is 0.636. The van der Waals surface area contributed by atoms with Crippen LogP contribution in [0.15, 0.2) is 12.4 Å². The van der Waals surface area contributed by atoms with E-state index in [0.717, 1.165) is 22.8 Å². The van der Waals surface area contributed by atoms with E-state index in [1.54, 1.807) is 0 Å². The molecule has 0 spiro atoms. The Hall–Kier alpha value is -0.640. The predicted octanol–water partition coefficient (Wildman–Crippen LogP) is 2.36. The maximum Gasteiger partial charge on any atom is 0.225 e. The molecule has 0 aromatic carbocycles. The van der Waals surface area contributed by atoms with E-state index in [9.17, 15) is 0 Å². The second-order valence-electron chi connectivity index (χ2n) is 4.51. The molecule has 0 N–H and O–H groups in total. The van der Waals surface area contributed by atoms with E-state index in [1.807, 2.05) is 12.4 Å². The number of fused-ring (bicyclic) bond motifs is 2. The number of aromatic nitrogens is 2. The monoisotopic (exact) mass is 267 g/mol. The second-order valence-corrected chi connectivity index (χ2v) is 5.07. The van der Waals surface area contributed by atoms with Crippen LogP contribution in [0.1, 0.15) is 24.8 Å². The number of piperidine rings is 1. The van der Waals surface area contributed by atoms with Crippen molar-refractivity contribution in [2.45, 2.75) is 30.6 Å². The van der Waals surface area contributed by atoms with Crippen molar-refractivity contribution in [2.24, 2.45) is 5.92 Å². The van der Waals surface area contributed by atoms with Crippen molar-refractivity contribution >= 4 is 21.9 Å². The highest BCUT2D eigenvalue weighted by atomic mass is 79.9. The molecular formula is C11H14BrN3. The zero-order valence-corrected chi connectivity index (χ0v) is 10.2. The van der Waals surface area contributed by atoms with Crippen LogP contribution in [0.4, 0.5) is 5.95 Å². The molecule has 0 radical (unpaired) electrons. The third-order valence-electron chi connectivity index (χ3n) is 3.51. The summed E-state index contributed by atoms with van der Waals surface area (Å²) < 4.78 is 0. The molecule has 80 valence electrons. The minimum Gasteiger partial charge on any atom is -0.338 e. The summed E-state index contributed by atoms with van der Waals surface area (Å²) >= 11 is 3.40. The van der Waals surface area contributed by atoms with Gasteiger partial charge in [-0.1, -0.05) is 15.9 Å². The van der Waals surface area contributed by atoms with Gasteiger partial charge in [-0.2, -0.15) is 0 Å². The number of halogens is 1. The average molecular weight is 268 g/mol. The lowest BCUT2D eigenvalue weighted by molar-refractivity contribution is 0.546. The fourth-order valence-electron chi connectivity index (χ4n) is 2.73. The number of nitrogens with zero attached hydrogens (tertiary/aromatic N) is 3. The highest BCUT2D eigenvalue weighted by molar-refractivity contribution is 9.08. The molecule has 1 aliphatic carbocycles. The SMILES string of the molecule is BrCc1cnc(N2CC3CCC2C3)nc1. The van der Waals surface area contributed by atoms with Crippen LogP contribution in [0.5, 0.6) is 0 Å². The first-order chi connectivity index (χ1) is 7.36. The molecule has 1 aromatic rings. The highest BCUT2D eigenvalue weighted by Crippen LogP contribution is 2.38. The van der Waals surface area contributed by atoms with Gasteiger partial charge in [-0.05, 0) is 30.7 Å².